The number of hydrogen-bond acceptors (Lipinski definition) is 6. The van der Waals surface area contributed by atoms with Gasteiger partial charge < -0.3 is 14.8 Å². The molecular weight excluding hydrogens is 438 g/mol. The first-order valence-corrected chi connectivity index (χ1v) is 11.9. The normalized spacial score (nSPS) is 16.4. The summed E-state index contributed by atoms with van der Waals surface area (Å²) in [6, 6.07) is 2.39. The standard InChI is InChI=1S/C26H38F2N4O2/c1-6-19(16-30-5)17-31-12-10-20(9-11-29-4)8-7-13-33-21-14-22(27)24(23(28)15-21)25-32-18-26(2,3)34-25/h14-17,20,29H,5-13,18H2,1-4H3/b19-16-,31-17-. The number of ether oxygens (including phenoxy) is 2. The Hall–Kier alpha value is -2.61. The summed E-state index contributed by atoms with van der Waals surface area (Å²) < 4.78 is 40.4. The molecule has 1 unspecified atom stereocenters. The van der Waals surface area contributed by atoms with Gasteiger partial charge in [0.15, 0.2) is 0 Å². The van der Waals surface area contributed by atoms with Crippen LogP contribution in [0.4, 0.5) is 8.78 Å². The minimum Gasteiger partial charge on any atom is -0.493 e. The third-order valence-corrected chi connectivity index (χ3v) is 5.62. The van der Waals surface area contributed by atoms with Crippen molar-refractivity contribution in [3.05, 3.63) is 41.1 Å². The highest BCUT2D eigenvalue weighted by atomic mass is 19.1. The van der Waals surface area contributed by atoms with Gasteiger partial charge in [-0.15, -0.1) is 0 Å². The molecule has 0 amide bonds. The number of hydrogen-bond donors (Lipinski definition) is 1. The second-order valence-corrected chi connectivity index (χ2v) is 9.06. The fraction of sp³-hybridized carbons (Fsp3) is 0.577. The predicted molar refractivity (Wildman–Crippen MR) is 136 cm³/mol. The molecule has 2 rings (SSSR count). The fourth-order valence-corrected chi connectivity index (χ4v) is 3.67. The number of benzene rings is 1. The van der Waals surface area contributed by atoms with Crippen molar-refractivity contribution in [2.75, 3.05) is 33.3 Å². The highest BCUT2D eigenvalue weighted by molar-refractivity contribution is 5.96. The summed E-state index contributed by atoms with van der Waals surface area (Å²) in [5.41, 5.74) is 0.252. The van der Waals surface area contributed by atoms with Crippen molar-refractivity contribution in [1.82, 2.24) is 5.32 Å². The zero-order valence-corrected chi connectivity index (χ0v) is 20.9. The summed E-state index contributed by atoms with van der Waals surface area (Å²) in [6.07, 6.45) is 8.19. The maximum Gasteiger partial charge on any atom is 0.222 e. The van der Waals surface area contributed by atoms with E-state index in [0.717, 1.165) is 50.8 Å². The largest absolute Gasteiger partial charge is 0.493 e. The summed E-state index contributed by atoms with van der Waals surface area (Å²) in [7, 11) is 1.94. The molecular formula is C26H38F2N4O2. The predicted octanol–water partition coefficient (Wildman–Crippen LogP) is 5.36. The molecule has 1 heterocycles. The Morgan fingerprint density at radius 3 is 2.62 bits per heavy atom. The van der Waals surface area contributed by atoms with E-state index in [1.54, 1.807) is 6.20 Å². The minimum absolute atomic E-state index is 0.00360. The third kappa shape index (κ3) is 8.97. The third-order valence-electron chi connectivity index (χ3n) is 5.62. The molecule has 1 aromatic rings. The Morgan fingerprint density at radius 1 is 1.29 bits per heavy atom. The molecule has 0 saturated carbocycles. The van der Waals surface area contributed by atoms with Crippen molar-refractivity contribution in [1.29, 1.82) is 0 Å². The van der Waals surface area contributed by atoms with E-state index >= 15 is 0 Å². The smallest absolute Gasteiger partial charge is 0.222 e. The quantitative estimate of drug-likeness (QED) is 0.274. The van der Waals surface area contributed by atoms with Crippen LogP contribution in [-0.2, 0) is 4.74 Å². The van der Waals surface area contributed by atoms with Crippen molar-refractivity contribution in [3.8, 4) is 5.75 Å². The van der Waals surface area contributed by atoms with Gasteiger partial charge in [-0.2, -0.15) is 0 Å². The first-order valence-electron chi connectivity index (χ1n) is 11.9. The molecule has 6 nitrogen and oxygen atoms in total. The summed E-state index contributed by atoms with van der Waals surface area (Å²) in [5, 5.41) is 3.19. The number of allylic oxidation sites excluding steroid dienone is 1. The second kappa shape index (κ2) is 13.9. The number of aliphatic imine (C=N–C) groups is 3. The van der Waals surface area contributed by atoms with Gasteiger partial charge in [0.2, 0.25) is 5.90 Å². The molecule has 0 saturated heterocycles. The van der Waals surface area contributed by atoms with Crippen molar-refractivity contribution < 1.29 is 18.3 Å². The van der Waals surface area contributed by atoms with Crippen LogP contribution in [-0.4, -0.2) is 57.7 Å². The Labute approximate surface area is 202 Å². The van der Waals surface area contributed by atoms with Crippen LogP contribution in [0.25, 0.3) is 0 Å². The van der Waals surface area contributed by atoms with E-state index in [1.807, 2.05) is 27.1 Å². The monoisotopic (exact) mass is 476 g/mol. The van der Waals surface area contributed by atoms with E-state index in [1.165, 1.54) is 12.1 Å². The molecule has 1 aliphatic rings. The van der Waals surface area contributed by atoms with Crippen LogP contribution in [0.15, 0.2) is 38.9 Å². The first kappa shape index (κ1) is 27.6. The van der Waals surface area contributed by atoms with E-state index in [9.17, 15) is 8.78 Å². The molecule has 34 heavy (non-hydrogen) atoms. The zero-order chi connectivity index (χ0) is 25.0. The van der Waals surface area contributed by atoms with Crippen LogP contribution >= 0.6 is 0 Å². The van der Waals surface area contributed by atoms with E-state index in [-0.39, 0.29) is 17.2 Å². The van der Waals surface area contributed by atoms with Gasteiger partial charge in [-0.25, -0.2) is 13.8 Å². The summed E-state index contributed by atoms with van der Waals surface area (Å²) >= 11 is 0. The maximum atomic E-state index is 14.6. The molecule has 1 aliphatic heterocycles. The van der Waals surface area contributed by atoms with Gasteiger partial charge in [0.05, 0.1) is 13.2 Å². The minimum atomic E-state index is -0.733. The molecule has 1 aromatic carbocycles. The van der Waals surface area contributed by atoms with Crippen LogP contribution in [0.2, 0.25) is 0 Å². The Bertz CT molecular complexity index is 874. The molecule has 0 fully saturated rings. The Morgan fingerprint density at radius 2 is 2.03 bits per heavy atom. The van der Waals surface area contributed by atoms with Gasteiger partial charge in [0.1, 0.15) is 28.5 Å². The molecule has 0 bridgehead atoms. The number of nitrogens with one attached hydrogen (secondary N) is 1. The molecule has 188 valence electrons. The van der Waals surface area contributed by atoms with E-state index in [0.29, 0.717) is 19.1 Å². The zero-order valence-electron chi connectivity index (χ0n) is 20.9. The van der Waals surface area contributed by atoms with Gasteiger partial charge in [-0.1, -0.05) is 6.92 Å². The lowest BCUT2D eigenvalue weighted by molar-refractivity contribution is 0.130. The lowest BCUT2D eigenvalue weighted by Crippen LogP contribution is -2.25. The van der Waals surface area contributed by atoms with Crippen LogP contribution in [0.1, 0.15) is 58.4 Å². The molecule has 0 radical (unpaired) electrons. The first-order chi connectivity index (χ1) is 16.3. The highest BCUT2D eigenvalue weighted by Crippen LogP contribution is 2.27. The molecule has 8 heteroatoms. The fourth-order valence-electron chi connectivity index (χ4n) is 3.67. The summed E-state index contributed by atoms with van der Waals surface area (Å²) in [6.45, 7) is 11.6. The number of rotatable bonds is 15. The highest BCUT2D eigenvalue weighted by Gasteiger charge is 2.31. The van der Waals surface area contributed by atoms with Crippen molar-refractivity contribution in [2.24, 2.45) is 20.9 Å². The van der Waals surface area contributed by atoms with Gasteiger partial charge in [-0.05, 0) is 77.8 Å². The van der Waals surface area contributed by atoms with E-state index in [4.69, 9.17) is 9.47 Å². The summed E-state index contributed by atoms with van der Waals surface area (Å²) in [5.74, 6) is -0.810. The molecule has 1 atom stereocenters. The van der Waals surface area contributed by atoms with Gasteiger partial charge in [0.25, 0.3) is 0 Å². The second-order valence-electron chi connectivity index (χ2n) is 9.06. The average Bonchev–Trinajstić information content (AvgIpc) is 3.14. The summed E-state index contributed by atoms with van der Waals surface area (Å²) in [4.78, 5) is 12.4. The number of nitrogens with zero attached hydrogens (tertiary/aromatic N) is 3. The van der Waals surface area contributed by atoms with Crippen molar-refractivity contribution in [3.63, 3.8) is 0 Å². The van der Waals surface area contributed by atoms with E-state index in [2.05, 4.69) is 33.9 Å². The molecule has 0 spiro atoms. The Kier molecular flexibility index (Phi) is 11.3. The molecule has 1 N–H and O–H groups in total. The maximum absolute atomic E-state index is 14.6. The van der Waals surface area contributed by atoms with Gasteiger partial charge in [0, 0.05) is 31.1 Å². The Balaban J connectivity index is 1.85. The van der Waals surface area contributed by atoms with Crippen molar-refractivity contribution in [2.45, 2.75) is 58.5 Å². The molecule has 0 aromatic heterocycles. The van der Waals surface area contributed by atoms with Crippen molar-refractivity contribution >= 4 is 18.8 Å². The van der Waals surface area contributed by atoms with Crippen LogP contribution in [0.3, 0.4) is 0 Å². The van der Waals surface area contributed by atoms with E-state index < -0.39 is 17.2 Å². The van der Waals surface area contributed by atoms with Gasteiger partial charge in [-0.3, -0.25) is 9.98 Å². The van der Waals surface area contributed by atoms with Crippen LogP contribution in [0, 0.1) is 17.6 Å². The lowest BCUT2D eigenvalue weighted by atomic mass is 9.96. The lowest BCUT2D eigenvalue weighted by Gasteiger charge is -2.18. The average molecular weight is 477 g/mol. The van der Waals surface area contributed by atoms with Gasteiger partial charge >= 0.3 is 0 Å². The SMILES string of the molecule is C=N/C=C(\C=N/CCC(CCCOc1cc(F)c(C2=NCC(C)(C)O2)c(F)c1)CCNC)CC. The molecule has 0 aliphatic carbocycles. The van der Waals surface area contributed by atoms with Crippen LogP contribution < -0.4 is 10.1 Å². The topological polar surface area (TPSA) is 67.6 Å². The number of halogens is 2. The van der Waals surface area contributed by atoms with Crippen LogP contribution in [0.5, 0.6) is 5.75 Å².